The van der Waals surface area contributed by atoms with E-state index in [0.29, 0.717) is 11.1 Å². The molecule has 2 aromatic rings. The maximum Gasteiger partial charge on any atom is 0.241 e. The van der Waals surface area contributed by atoms with Gasteiger partial charge in [0, 0.05) is 7.05 Å². The molecule has 0 atom stereocenters. The predicted molar refractivity (Wildman–Crippen MR) is 41.0 cm³/mol. The monoisotopic (exact) mass is 168 g/mol. The van der Waals surface area contributed by atoms with Crippen LogP contribution in [0.4, 0.5) is 0 Å². The summed E-state index contributed by atoms with van der Waals surface area (Å²) in [5.41, 5.74) is 0.797. The summed E-state index contributed by atoms with van der Waals surface area (Å²) in [4.78, 5) is 0. The Bertz CT molecular complexity index is 441. The van der Waals surface area contributed by atoms with Crippen LogP contribution in [0.25, 0.3) is 11.0 Å². The van der Waals surface area contributed by atoms with E-state index in [1.54, 1.807) is 14.0 Å². The highest BCUT2D eigenvalue weighted by Crippen LogP contribution is 2.36. The van der Waals surface area contributed by atoms with E-state index in [1.165, 1.54) is 4.57 Å². The van der Waals surface area contributed by atoms with Crippen molar-refractivity contribution < 1.29 is 14.7 Å². The first-order valence-corrected chi connectivity index (χ1v) is 3.45. The lowest BCUT2D eigenvalue weighted by Gasteiger charge is -1.94. The van der Waals surface area contributed by atoms with Crippen LogP contribution in [0.15, 0.2) is 4.52 Å². The van der Waals surface area contributed by atoms with E-state index in [-0.39, 0.29) is 17.3 Å². The van der Waals surface area contributed by atoms with Gasteiger partial charge in [0.1, 0.15) is 5.39 Å². The largest absolute Gasteiger partial charge is 0.494 e. The molecule has 0 aliphatic rings. The Hall–Kier alpha value is -1.65. The van der Waals surface area contributed by atoms with Crippen molar-refractivity contribution in [2.24, 2.45) is 7.05 Å². The van der Waals surface area contributed by atoms with Crippen LogP contribution >= 0.6 is 0 Å². The molecular weight excluding hydrogens is 160 g/mol. The van der Waals surface area contributed by atoms with Gasteiger partial charge in [0.2, 0.25) is 17.3 Å². The Morgan fingerprint density at radius 2 is 2.00 bits per heavy atom. The van der Waals surface area contributed by atoms with E-state index in [1.807, 2.05) is 0 Å². The summed E-state index contributed by atoms with van der Waals surface area (Å²) in [5, 5.41) is 22.9. The average Bonchev–Trinajstić information content (AvgIpc) is 2.51. The van der Waals surface area contributed by atoms with Crippen molar-refractivity contribution in [1.29, 1.82) is 0 Å². The molecule has 0 bridgehead atoms. The molecule has 0 fully saturated rings. The number of hydrogen-bond donors (Lipinski definition) is 2. The summed E-state index contributed by atoms with van der Waals surface area (Å²) in [6.07, 6.45) is 0. The number of hydrogen-bond acceptors (Lipinski definition) is 4. The molecule has 0 aromatic carbocycles. The van der Waals surface area contributed by atoms with E-state index in [0.717, 1.165) is 0 Å². The zero-order valence-corrected chi connectivity index (χ0v) is 6.70. The smallest absolute Gasteiger partial charge is 0.241 e. The molecule has 5 nitrogen and oxygen atoms in total. The van der Waals surface area contributed by atoms with Crippen molar-refractivity contribution >= 4 is 11.0 Å². The standard InChI is InChI=1S/C7H8N2O3/c1-3-4-5(12-8-3)7(11)9(2)6(4)10/h10-11H,1-2H3. The summed E-state index contributed by atoms with van der Waals surface area (Å²) in [7, 11) is 1.54. The fourth-order valence-electron chi connectivity index (χ4n) is 1.21. The first kappa shape index (κ1) is 7.02. The second-order valence-electron chi connectivity index (χ2n) is 2.68. The summed E-state index contributed by atoms with van der Waals surface area (Å²) >= 11 is 0. The number of nitrogens with zero attached hydrogens (tertiary/aromatic N) is 2. The van der Waals surface area contributed by atoms with Gasteiger partial charge in [-0.2, -0.15) is 0 Å². The summed E-state index contributed by atoms with van der Waals surface area (Å²) in [6, 6.07) is 0. The van der Waals surface area contributed by atoms with Gasteiger partial charge in [-0.3, -0.25) is 4.57 Å². The average molecular weight is 168 g/mol. The molecule has 2 aromatic heterocycles. The molecule has 0 spiro atoms. The minimum absolute atomic E-state index is 0.0266. The lowest BCUT2D eigenvalue weighted by molar-refractivity contribution is 0.373. The zero-order chi connectivity index (χ0) is 8.88. The third-order valence-corrected chi connectivity index (χ3v) is 1.92. The normalized spacial score (nSPS) is 11.2. The molecule has 64 valence electrons. The molecule has 5 heteroatoms. The predicted octanol–water partition coefficient (Wildman–Crippen LogP) is 0.886. The van der Waals surface area contributed by atoms with Crippen LogP contribution in [0.5, 0.6) is 11.8 Å². The van der Waals surface area contributed by atoms with Crippen molar-refractivity contribution in [1.82, 2.24) is 9.72 Å². The number of rotatable bonds is 0. The first-order chi connectivity index (χ1) is 5.63. The maximum atomic E-state index is 9.45. The van der Waals surface area contributed by atoms with E-state index in [2.05, 4.69) is 5.16 Å². The molecule has 2 heterocycles. The minimum atomic E-state index is -0.108. The molecular formula is C7H8N2O3. The SMILES string of the molecule is Cc1noc2c(O)n(C)c(O)c12. The summed E-state index contributed by atoms with van der Waals surface area (Å²) < 4.78 is 6.04. The Kier molecular flexibility index (Phi) is 1.13. The van der Waals surface area contributed by atoms with Gasteiger partial charge in [0.05, 0.1) is 5.69 Å². The van der Waals surface area contributed by atoms with Crippen molar-refractivity contribution in [3.8, 4) is 11.8 Å². The second kappa shape index (κ2) is 1.94. The zero-order valence-electron chi connectivity index (χ0n) is 6.70. The molecule has 0 saturated carbocycles. The lowest BCUT2D eigenvalue weighted by atomic mass is 10.3. The van der Waals surface area contributed by atoms with Gasteiger partial charge >= 0.3 is 0 Å². The third-order valence-electron chi connectivity index (χ3n) is 1.92. The van der Waals surface area contributed by atoms with Crippen molar-refractivity contribution in [2.75, 3.05) is 0 Å². The Balaban J connectivity index is 3.01. The Labute approximate surface area is 67.8 Å². The van der Waals surface area contributed by atoms with E-state index < -0.39 is 0 Å². The number of aromatic hydroxyl groups is 2. The van der Waals surface area contributed by atoms with Crippen LogP contribution in [0.3, 0.4) is 0 Å². The highest BCUT2D eigenvalue weighted by molar-refractivity contribution is 5.89. The fourth-order valence-corrected chi connectivity index (χ4v) is 1.21. The molecule has 12 heavy (non-hydrogen) atoms. The van der Waals surface area contributed by atoms with E-state index in [4.69, 9.17) is 4.52 Å². The minimum Gasteiger partial charge on any atom is -0.494 e. The second-order valence-corrected chi connectivity index (χ2v) is 2.68. The summed E-state index contributed by atoms with van der Waals surface area (Å²) in [5.74, 6) is -0.135. The number of aromatic nitrogens is 2. The fraction of sp³-hybridized carbons (Fsp3) is 0.286. The first-order valence-electron chi connectivity index (χ1n) is 3.45. The topological polar surface area (TPSA) is 71.4 Å². The van der Waals surface area contributed by atoms with Crippen LogP contribution in [0, 0.1) is 6.92 Å². The Morgan fingerprint density at radius 3 is 2.58 bits per heavy atom. The van der Waals surface area contributed by atoms with Crippen LogP contribution in [0.2, 0.25) is 0 Å². The van der Waals surface area contributed by atoms with Crippen LogP contribution in [0.1, 0.15) is 5.69 Å². The highest BCUT2D eigenvalue weighted by atomic mass is 16.5. The molecule has 0 unspecified atom stereocenters. The van der Waals surface area contributed by atoms with Gasteiger partial charge in [0.15, 0.2) is 0 Å². The number of fused-ring (bicyclic) bond motifs is 1. The van der Waals surface area contributed by atoms with Gasteiger partial charge in [-0.05, 0) is 6.92 Å². The lowest BCUT2D eigenvalue weighted by Crippen LogP contribution is -1.84. The Morgan fingerprint density at radius 1 is 1.33 bits per heavy atom. The van der Waals surface area contributed by atoms with Gasteiger partial charge in [-0.25, -0.2) is 0 Å². The van der Waals surface area contributed by atoms with Crippen molar-refractivity contribution in [2.45, 2.75) is 6.92 Å². The van der Waals surface area contributed by atoms with Gasteiger partial charge in [0.25, 0.3) is 0 Å². The van der Waals surface area contributed by atoms with E-state index in [9.17, 15) is 10.2 Å². The third kappa shape index (κ3) is 0.603. The molecule has 0 saturated heterocycles. The molecule has 0 aliphatic carbocycles. The number of aryl methyl sites for hydroxylation is 1. The summed E-state index contributed by atoms with van der Waals surface area (Å²) in [6.45, 7) is 1.70. The van der Waals surface area contributed by atoms with E-state index >= 15 is 0 Å². The molecule has 0 radical (unpaired) electrons. The molecule has 2 rings (SSSR count). The van der Waals surface area contributed by atoms with Gasteiger partial charge < -0.3 is 14.7 Å². The highest BCUT2D eigenvalue weighted by Gasteiger charge is 2.19. The van der Waals surface area contributed by atoms with Crippen LogP contribution in [-0.2, 0) is 7.05 Å². The molecule has 0 amide bonds. The molecule has 2 N–H and O–H groups in total. The van der Waals surface area contributed by atoms with Crippen LogP contribution in [-0.4, -0.2) is 19.9 Å². The maximum absolute atomic E-state index is 9.45. The van der Waals surface area contributed by atoms with Gasteiger partial charge in [-0.15, -0.1) is 0 Å². The van der Waals surface area contributed by atoms with Crippen molar-refractivity contribution in [3.63, 3.8) is 0 Å². The quantitative estimate of drug-likeness (QED) is 0.612. The van der Waals surface area contributed by atoms with Crippen LogP contribution < -0.4 is 0 Å². The van der Waals surface area contributed by atoms with Crippen molar-refractivity contribution in [3.05, 3.63) is 5.69 Å². The van der Waals surface area contributed by atoms with Gasteiger partial charge in [-0.1, -0.05) is 5.16 Å². The molecule has 0 aliphatic heterocycles.